The summed E-state index contributed by atoms with van der Waals surface area (Å²) in [5.74, 6) is -0.429. The second kappa shape index (κ2) is 6.64. The van der Waals surface area contributed by atoms with Crippen LogP contribution in [0.25, 0.3) is 0 Å². The highest BCUT2D eigenvalue weighted by molar-refractivity contribution is 7.09. The van der Waals surface area contributed by atoms with Gasteiger partial charge in [0, 0.05) is 17.6 Å². The van der Waals surface area contributed by atoms with Crippen molar-refractivity contribution in [2.45, 2.75) is 13.5 Å². The number of thiophene rings is 1. The molecule has 0 saturated heterocycles. The van der Waals surface area contributed by atoms with Crippen molar-refractivity contribution in [1.29, 1.82) is 0 Å². The van der Waals surface area contributed by atoms with Crippen LogP contribution in [-0.2, 0) is 6.54 Å². The molecule has 110 valence electrons. The minimum atomic E-state index is -0.679. The van der Waals surface area contributed by atoms with Crippen molar-refractivity contribution in [3.8, 4) is 0 Å². The van der Waals surface area contributed by atoms with E-state index in [0.29, 0.717) is 13.1 Å². The van der Waals surface area contributed by atoms with E-state index in [1.165, 1.54) is 28.5 Å². The summed E-state index contributed by atoms with van der Waals surface area (Å²) >= 11 is 7.26. The van der Waals surface area contributed by atoms with Crippen LogP contribution in [0.2, 0.25) is 5.15 Å². The molecule has 1 amide bonds. The van der Waals surface area contributed by atoms with Gasteiger partial charge < -0.3 is 4.90 Å². The van der Waals surface area contributed by atoms with E-state index in [1.807, 2.05) is 24.4 Å². The molecule has 2 rings (SSSR count). The fourth-order valence-corrected chi connectivity index (χ4v) is 2.81. The number of amides is 1. The minimum Gasteiger partial charge on any atom is -0.334 e. The zero-order valence-electron chi connectivity index (χ0n) is 11.2. The summed E-state index contributed by atoms with van der Waals surface area (Å²) in [5.41, 5.74) is -0.493. The summed E-state index contributed by atoms with van der Waals surface area (Å²) in [5, 5.41) is 12.7. The molecule has 0 fully saturated rings. The van der Waals surface area contributed by atoms with Gasteiger partial charge in [0.25, 0.3) is 5.91 Å². The van der Waals surface area contributed by atoms with Gasteiger partial charge in [-0.2, -0.15) is 0 Å². The monoisotopic (exact) mass is 325 g/mol. The Morgan fingerprint density at radius 2 is 2.29 bits per heavy atom. The van der Waals surface area contributed by atoms with Gasteiger partial charge in [-0.05, 0) is 24.4 Å². The number of hydrogen-bond donors (Lipinski definition) is 0. The lowest BCUT2D eigenvalue weighted by atomic mass is 10.2. The highest BCUT2D eigenvalue weighted by Gasteiger charge is 2.27. The van der Waals surface area contributed by atoms with Crippen molar-refractivity contribution in [2.24, 2.45) is 0 Å². The second-order valence-corrected chi connectivity index (χ2v) is 5.54. The zero-order valence-corrected chi connectivity index (χ0v) is 12.7. The van der Waals surface area contributed by atoms with Crippen LogP contribution in [-0.4, -0.2) is 27.3 Å². The molecule has 0 aliphatic rings. The van der Waals surface area contributed by atoms with Crippen LogP contribution in [0.4, 0.5) is 5.69 Å². The molecular weight excluding hydrogens is 314 g/mol. The van der Waals surface area contributed by atoms with E-state index in [2.05, 4.69) is 4.98 Å². The molecule has 0 N–H and O–H groups in total. The molecule has 2 aromatic rings. The van der Waals surface area contributed by atoms with E-state index >= 15 is 0 Å². The molecular formula is C13H12ClN3O3S. The third-order valence-corrected chi connectivity index (χ3v) is 4.03. The van der Waals surface area contributed by atoms with Crippen LogP contribution < -0.4 is 0 Å². The van der Waals surface area contributed by atoms with Gasteiger partial charge in [0.05, 0.1) is 11.5 Å². The normalized spacial score (nSPS) is 10.4. The number of rotatable bonds is 5. The van der Waals surface area contributed by atoms with Gasteiger partial charge in [-0.25, -0.2) is 4.98 Å². The van der Waals surface area contributed by atoms with E-state index in [-0.39, 0.29) is 10.7 Å². The van der Waals surface area contributed by atoms with E-state index in [1.54, 1.807) is 0 Å². The first-order chi connectivity index (χ1) is 10.0. The topological polar surface area (TPSA) is 76.3 Å². The SMILES string of the molecule is CCN(Cc1cccs1)C(=O)c1ccnc(Cl)c1[N+](=O)[O-]. The van der Waals surface area contributed by atoms with Gasteiger partial charge in [-0.3, -0.25) is 14.9 Å². The van der Waals surface area contributed by atoms with E-state index in [0.717, 1.165) is 4.88 Å². The predicted octanol–water partition coefficient (Wildman–Crippen LogP) is 3.37. The van der Waals surface area contributed by atoms with Crippen molar-refractivity contribution in [3.63, 3.8) is 0 Å². The fourth-order valence-electron chi connectivity index (χ4n) is 1.86. The first kappa shape index (κ1) is 15.4. The van der Waals surface area contributed by atoms with Gasteiger partial charge in [0.15, 0.2) is 0 Å². The first-order valence-electron chi connectivity index (χ1n) is 6.15. The number of pyridine rings is 1. The summed E-state index contributed by atoms with van der Waals surface area (Å²) in [6.45, 7) is 2.66. The molecule has 0 atom stereocenters. The molecule has 0 spiro atoms. The van der Waals surface area contributed by atoms with Gasteiger partial charge >= 0.3 is 5.69 Å². The van der Waals surface area contributed by atoms with Crippen LogP contribution in [0.1, 0.15) is 22.2 Å². The minimum absolute atomic E-state index is 0.0431. The molecule has 21 heavy (non-hydrogen) atoms. The van der Waals surface area contributed by atoms with Crippen LogP contribution in [0.5, 0.6) is 0 Å². The Morgan fingerprint density at radius 1 is 1.52 bits per heavy atom. The molecule has 2 heterocycles. The number of aromatic nitrogens is 1. The van der Waals surface area contributed by atoms with Crippen molar-refractivity contribution in [3.05, 3.63) is 55.5 Å². The first-order valence-corrected chi connectivity index (χ1v) is 7.41. The van der Waals surface area contributed by atoms with Crippen molar-refractivity contribution in [2.75, 3.05) is 6.54 Å². The number of carbonyl (C=O) groups is 1. The average Bonchev–Trinajstić information content (AvgIpc) is 2.96. The Bertz CT molecular complexity index is 661. The molecule has 2 aromatic heterocycles. The predicted molar refractivity (Wildman–Crippen MR) is 80.6 cm³/mol. The smallest absolute Gasteiger partial charge is 0.319 e. The zero-order chi connectivity index (χ0) is 15.4. The number of nitrogens with zero attached hydrogens (tertiary/aromatic N) is 3. The second-order valence-electron chi connectivity index (χ2n) is 4.15. The van der Waals surface area contributed by atoms with E-state index in [9.17, 15) is 14.9 Å². The summed E-state index contributed by atoms with van der Waals surface area (Å²) in [6.07, 6.45) is 1.29. The lowest BCUT2D eigenvalue weighted by Crippen LogP contribution is -2.30. The number of hydrogen-bond acceptors (Lipinski definition) is 5. The molecule has 0 radical (unpaired) electrons. The molecule has 8 heteroatoms. The third kappa shape index (κ3) is 3.37. The van der Waals surface area contributed by atoms with Crippen LogP contribution in [0.3, 0.4) is 0 Å². The molecule has 0 aliphatic carbocycles. The summed E-state index contributed by atoms with van der Waals surface area (Å²) in [7, 11) is 0. The Labute approximate surface area is 130 Å². The fraction of sp³-hybridized carbons (Fsp3) is 0.231. The number of nitro groups is 1. The highest BCUT2D eigenvalue weighted by Crippen LogP contribution is 2.27. The van der Waals surface area contributed by atoms with Crippen molar-refractivity contribution < 1.29 is 9.72 Å². The van der Waals surface area contributed by atoms with Crippen molar-refractivity contribution in [1.82, 2.24) is 9.88 Å². The van der Waals surface area contributed by atoms with Gasteiger partial charge in [0.2, 0.25) is 5.15 Å². The maximum Gasteiger partial charge on any atom is 0.319 e. The standard InChI is InChI=1S/C13H12ClN3O3S/c1-2-16(8-9-4-3-7-21-9)13(18)10-5-6-15-12(14)11(10)17(19)20/h3-7H,2,8H2,1H3. The van der Waals surface area contributed by atoms with Crippen LogP contribution in [0.15, 0.2) is 29.8 Å². The molecule has 0 saturated carbocycles. The maximum absolute atomic E-state index is 12.5. The quantitative estimate of drug-likeness (QED) is 0.480. The lowest BCUT2D eigenvalue weighted by Gasteiger charge is -2.20. The Hall–Kier alpha value is -1.99. The molecule has 0 bridgehead atoms. The number of halogens is 1. The Balaban J connectivity index is 2.34. The lowest BCUT2D eigenvalue weighted by molar-refractivity contribution is -0.385. The Morgan fingerprint density at radius 3 is 2.86 bits per heavy atom. The van der Waals surface area contributed by atoms with Gasteiger partial charge in [-0.1, -0.05) is 17.7 Å². The summed E-state index contributed by atoms with van der Waals surface area (Å²) in [4.78, 5) is 29.1. The van der Waals surface area contributed by atoms with Gasteiger partial charge in [0.1, 0.15) is 5.56 Å². The van der Waals surface area contributed by atoms with Gasteiger partial charge in [-0.15, -0.1) is 11.3 Å². The largest absolute Gasteiger partial charge is 0.334 e. The van der Waals surface area contributed by atoms with E-state index in [4.69, 9.17) is 11.6 Å². The van der Waals surface area contributed by atoms with Crippen LogP contribution in [0, 0.1) is 10.1 Å². The average molecular weight is 326 g/mol. The Kier molecular flexibility index (Phi) is 4.87. The number of carbonyl (C=O) groups excluding carboxylic acids is 1. The maximum atomic E-state index is 12.5. The molecule has 0 unspecified atom stereocenters. The van der Waals surface area contributed by atoms with E-state index < -0.39 is 16.5 Å². The third-order valence-electron chi connectivity index (χ3n) is 2.89. The molecule has 0 aliphatic heterocycles. The summed E-state index contributed by atoms with van der Waals surface area (Å²) in [6, 6.07) is 5.13. The molecule has 6 nitrogen and oxygen atoms in total. The van der Waals surface area contributed by atoms with Crippen LogP contribution >= 0.6 is 22.9 Å². The molecule has 0 aromatic carbocycles. The highest BCUT2D eigenvalue weighted by atomic mass is 35.5. The van der Waals surface area contributed by atoms with Crippen molar-refractivity contribution >= 4 is 34.5 Å². The summed E-state index contributed by atoms with van der Waals surface area (Å²) < 4.78 is 0.